The predicted octanol–water partition coefficient (Wildman–Crippen LogP) is 3.88. The van der Waals surface area contributed by atoms with E-state index in [0.717, 1.165) is 11.1 Å². The molecule has 0 aliphatic carbocycles. The van der Waals surface area contributed by atoms with Gasteiger partial charge in [-0.05, 0) is 12.1 Å². The number of hydrogen-bond donors (Lipinski definition) is 0. The molecule has 136 valence electrons. The molecule has 0 fully saturated rings. The highest BCUT2D eigenvalue weighted by Crippen LogP contribution is 2.32. The number of nitrogens with zero attached hydrogens (tertiary/aromatic N) is 2. The zero-order valence-corrected chi connectivity index (χ0v) is 15.2. The third-order valence-electron chi connectivity index (χ3n) is 4.56. The van der Waals surface area contributed by atoms with Crippen molar-refractivity contribution in [2.45, 2.75) is 0 Å². The quantitative estimate of drug-likeness (QED) is 0.551. The summed E-state index contributed by atoms with van der Waals surface area (Å²) in [5.74, 6) is 1.28. The Morgan fingerprint density at radius 3 is 2.22 bits per heavy atom. The number of pyridine rings is 1. The van der Waals surface area contributed by atoms with Gasteiger partial charge in [-0.25, -0.2) is 0 Å². The third kappa shape index (κ3) is 2.85. The largest absolute Gasteiger partial charge is 0.497 e. The van der Waals surface area contributed by atoms with Crippen molar-refractivity contribution in [2.75, 3.05) is 14.2 Å². The molecule has 0 saturated carbocycles. The second-order valence-electron chi connectivity index (χ2n) is 6.13. The molecule has 0 unspecified atom stereocenters. The van der Waals surface area contributed by atoms with Crippen molar-refractivity contribution in [3.05, 3.63) is 65.0 Å². The van der Waals surface area contributed by atoms with E-state index in [1.165, 1.54) is 0 Å². The van der Waals surface area contributed by atoms with E-state index in [9.17, 15) is 4.79 Å². The molecular formula is C21H18N2O4. The molecule has 0 spiro atoms. The van der Waals surface area contributed by atoms with Gasteiger partial charge in [0.2, 0.25) is 0 Å². The zero-order valence-electron chi connectivity index (χ0n) is 15.2. The zero-order chi connectivity index (χ0) is 19.0. The molecule has 0 aliphatic heterocycles. The Bertz CT molecular complexity index is 1150. The van der Waals surface area contributed by atoms with E-state index in [2.05, 4.69) is 5.16 Å². The predicted molar refractivity (Wildman–Crippen MR) is 103 cm³/mol. The maximum atomic E-state index is 13.1. The smallest absolute Gasteiger partial charge is 0.264 e. The van der Waals surface area contributed by atoms with Crippen molar-refractivity contribution in [3.8, 4) is 34.0 Å². The molecule has 27 heavy (non-hydrogen) atoms. The third-order valence-corrected chi connectivity index (χ3v) is 4.56. The molecule has 0 aliphatic rings. The van der Waals surface area contributed by atoms with Crippen LogP contribution in [0.1, 0.15) is 0 Å². The Morgan fingerprint density at radius 1 is 0.926 bits per heavy atom. The Morgan fingerprint density at radius 2 is 1.59 bits per heavy atom. The minimum atomic E-state index is -0.176. The van der Waals surface area contributed by atoms with Crippen LogP contribution in [0.15, 0.2) is 63.9 Å². The Kier molecular flexibility index (Phi) is 4.16. The number of hydrogen-bond acceptors (Lipinski definition) is 5. The van der Waals surface area contributed by atoms with E-state index in [1.807, 2.05) is 48.5 Å². The Labute approximate surface area is 155 Å². The number of fused-ring (bicyclic) bond motifs is 1. The molecule has 0 amide bonds. The van der Waals surface area contributed by atoms with Crippen LogP contribution in [-0.2, 0) is 7.05 Å². The second-order valence-corrected chi connectivity index (χ2v) is 6.13. The van der Waals surface area contributed by atoms with Crippen LogP contribution in [0.5, 0.6) is 11.5 Å². The molecule has 2 aromatic heterocycles. The van der Waals surface area contributed by atoms with Gasteiger partial charge < -0.3 is 18.6 Å². The number of benzene rings is 2. The lowest BCUT2D eigenvalue weighted by Crippen LogP contribution is -2.18. The van der Waals surface area contributed by atoms with Crippen molar-refractivity contribution in [1.29, 1.82) is 0 Å². The van der Waals surface area contributed by atoms with E-state index in [1.54, 1.807) is 31.9 Å². The highest BCUT2D eigenvalue weighted by Gasteiger charge is 2.18. The van der Waals surface area contributed by atoms with Crippen LogP contribution in [-0.4, -0.2) is 23.9 Å². The molecule has 0 radical (unpaired) electrons. The number of methoxy groups -OCH3 is 2. The van der Waals surface area contributed by atoms with E-state index < -0.39 is 0 Å². The molecule has 6 nitrogen and oxygen atoms in total. The highest BCUT2D eigenvalue weighted by atomic mass is 16.5. The van der Waals surface area contributed by atoms with Gasteiger partial charge in [-0.15, -0.1) is 0 Å². The molecule has 2 aromatic carbocycles. The van der Waals surface area contributed by atoms with Gasteiger partial charge in [0.05, 0.1) is 19.9 Å². The summed E-state index contributed by atoms with van der Waals surface area (Å²) in [7, 11) is 4.90. The fourth-order valence-corrected chi connectivity index (χ4v) is 3.13. The Hall–Kier alpha value is -3.54. The van der Waals surface area contributed by atoms with Crippen LogP contribution in [0.25, 0.3) is 33.5 Å². The molecule has 0 N–H and O–H groups in total. The van der Waals surface area contributed by atoms with Crippen LogP contribution >= 0.6 is 0 Å². The lowest BCUT2D eigenvalue weighted by atomic mass is 10.1. The first kappa shape index (κ1) is 16.9. The minimum absolute atomic E-state index is 0.176. The SMILES string of the molecule is COc1cc(OC)cc(-c2cc3onc(-c4ccccc4)c3c(=O)n2C)c1. The van der Waals surface area contributed by atoms with E-state index >= 15 is 0 Å². The number of rotatable bonds is 4. The average Bonchev–Trinajstić information content (AvgIpc) is 3.15. The van der Waals surface area contributed by atoms with Crippen molar-refractivity contribution < 1.29 is 14.0 Å². The molecule has 0 atom stereocenters. The van der Waals surface area contributed by atoms with Gasteiger partial charge in [0, 0.05) is 30.3 Å². The fraction of sp³-hybridized carbons (Fsp3) is 0.143. The van der Waals surface area contributed by atoms with Gasteiger partial charge in [-0.3, -0.25) is 4.79 Å². The number of aromatic nitrogens is 2. The van der Waals surface area contributed by atoms with Crippen LogP contribution in [0.3, 0.4) is 0 Å². The summed E-state index contributed by atoms with van der Waals surface area (Å²) in [6.07, 6.45) is 0. The van der Waals surface area contributed by atoms with Crippen molar-refractivity contribution >= 4 is 11.0 Å². The average molecular weight is 362 g/mol. The van der Waals surface area contributed by atoms with Gasteiger partial charge in [-0.1, -0.05) is 35.5 Å². The second kappa shape index (κ2) is 6.64. The van der Waals surface area contributed by atoms with Crippen LogP contribution in [0, 0.1) is 0 Å². The van der Waals surface area contributed by atoms with E-state index in [4.69, 9.17) is 14.0 Å². The van der Waals surface area contributed by atoms with Gasteiger partial charge in [-0.2, -0.15) is 0 Å². The van der Waals surface area contributed by atoms with Gasteiger partial charge in [0.25, 0.3) is 5.56 Å². The van der Waals surface area contributed by atoms with Crippen molar-refractivity contribution in [1.82, 2.24) is 9.72 Å². The number of ether oxygens (including phenoxy) is 2. The molecule has 2 heterocycles. The lowest BCUT2D eigenvalue weighted by Gasteiger charge is -2.12. The molecule has 0 bridgehead atoms. The van der Waals surface area contributed by atoms with Crippen LogP contribution in [0.4, 0.5) is 0 Å². The molecular weight excluding hydrogens is 344 g/mol. The topological polar surface area (TPSA) is 66.5 Å². The normalized spacial score (nSPS) is 10.9. The molecule has 6 heteroatoms. The van der Waals surface area contributed by atoms with Crippen LogP contribution < -0.4 is 15.0 Å². The minimum Gasteiger partial charge on any atom is -0.497 e. The summed E-state index contributed by atoms with van der Waals surface area (Å²) in [6, 6.07) is 16.8. The monoisotopic (exact) mass is 362 g/mol. The summed E-state index contributed by atoms with van der Waals surface area (Å²) in [4.78, 5) is 13.1. The summed E-state index contributed by atoms with van der Waals surface area (Å²) >= 11 is 0. The van der Waals surface area contributed by atoms with Crippen molar-refractivity contribution in [2.24, 2.45) is 7.05 Å². The van der Waals surface area contributed by atoms with Gasteiger partial charge >= 0.3 is 0 Å². The first-order valence-electron chi connectivity index (χ1n) is 8.40. The highest BCUT2D eigenvalue weighted by molar-refractivity contribution is 5.92. The molecule has 0 saturated heterocycles. The molecule has 4 rings (SSSR count). The summed E-state index contributed by atoms with van der Waals surface area (Å²) in [6.45, 7) is 0. The van der Waals surface area contributed by atoms with Crippen LogP contribution in [0.2, 0.25) is 0 Å². The maximum Gasteiger partial charge on any atom is 0.264 e. The summed E-state index contributed by atoms with van der Waals surface area (Å²) in [5, 5.41) is 4.59. The van der Waals surface area contributed by atoms with Gasteiger partial charge in [0.1, 0.15) is 22.6 Å². The standard InChI is InChI=1S/C21H18N2O4/c1-23-17(14-9-15(25-2)11-16(10-14)26-3)12-18-19(21(23)24)20(22-27-18)13-7-5-4-6-8-13/h4-12H,1-3H3. The first-order valence-corrected chi connectivity index (χ1v) is 8.40. The summed E-state index contributed by atoms with van der Waals surface area (Å²) < 4.78 is 17.7. The van der Waals surface area contributed by atoms with E-state index in [-0.39, 0.29) is 5.56 Å². The van der Waals surface area contributed by atoms with Crippen molar-refractivity contribution in [3.63, 3.8) is 0 Å². The molecule has 4 aromatic rings. The fourth-order valence-electron chi connectivity index (χ4n) is 3.13. The summed E-state index contributed by atoms with van der Waals surface area (Å²) in [5.41, 5.74) is 3.11. The first-order chi connectivity index (χ1) is 13.1. The maximum absolute atomic E-state index is 13.1. The van der Waals surface area contributed by atoms with Gasteiger partial charge in [0.15, 0.2) is 5.58 Å². The lowest BCUT2D eigenvalue weighted by molar-refractivity contribution is 0.394. The Balaban J connectivity index is 1.95. The van der Waals surface area contributed by atoms with E-state index in [0.29, 0.717) is 33.9 Å².